The van der Waals surface area contributed by atoms with E-state index in [1.54, 1.807) is 7.11 Å². The third-order valence-corrected chi connectivity index (χ3v) is 3.73. The number of rotatable bonds is 7. The van der Waals surface area contributed by atoms with Gasteiger partial charge in [0.1, 0.15) is 13.2 Å². The Labute approximate surface area is 142 Å². The first-order valence-corrected chi connectivity index (χ1v) is 8.23. The summed E-state index contributed by atoms with van der Waals surface area (Å²) in [7, 11) is 1.66. The zero-order chi connectivity index (χ0) is 16.8. The van der Waals surface area contributed by atoms with Gasteiger partial charge in [-0.05, 0) is 36.2 Å². The average molecular weight is 329 g/mol. The first-order valence-electron chi connectivity index (χ1n) is 8.23. The molecule has 1 aliphatic heterocycles. The van der Waals surface area contributed by atoms with Crippen molar-refractivity contribution in [1.82, 2.24) is 0 Å². The van der Waals surface area contributed by atoms with Crippen molar-refractivity contribution in [2.24, 2.45) is 0 Å². The highest BCUT2D eigenvalue weighted by atomic mass is 16.6. The summed E-state index contributed by atoms with van der Waals surface area (Å²) in [5.74, 6) is 3.12. The monoisotopic (exact) mass is 329 g/mol. The topological polar surface area (TPSA) is 49.0 Å². The number of fused-ring (bicyclic) bond motifs is 1. The van der Waals surface area contributed by atoms with Gasteiger partial charge in [-0.15, -0.1) is 0 Å². The van der Waals surface area contributed by atoms with Gasteiger partial charge in [0, 0.05) is 18.3 Å². The van der Waals surface area contributed by atoms with Gasteiger partial charge in [0.05, 0.1) is 13.7 Å². The number of methoxy groups -OCH3 is 1. The van der Waals surface area contributed by atoms with Gasteiger partial charge in [0.25, 0.3) is 0 Å². The molecular formula is C19H23NO4. The molecule has 3 rings (SSSR count). The van der Waals surface area contributed by atoms with Crippen molar-refractivity contribution in [3.8, 4) is 23.0 Å². The molecule has 0 saturated heterocycles. The van der Waals surface area contributed by atoms with Crippen molar-refractivity contribution in [3.05, 3.63) is 42.0 Å². The molecule has 0 aliphatic carbocycles. The van der Waals surface area contributed by atoms with Crippen LogP contribution in [0.5, 0.6) is 23.0 Å². The van der Waals surface area contributed by atoms with E-state index < -0.39 is 0 Å². The van der Waals surface area contributed by atoms with E-state index >= 15 is 0 Å². The molecule has 1 aliphatic rings. The van der Waals surface area contributed by atoms with E-state index in [4.69, 9.17) is 18.9 Å². The fraction of sp³-hybridized carbons (Fsp3) is 0.368. The van der Waals surface area contributed by atoms with E-state index in [-0.39, 0.29) is 0 Å². The molecule has 0 radical (unpaired) electrons. The Hall–Kier alpha value is -2.56. The quantitative estimate of drug-likeness (QED) is 0.836. The Kier molecular flexibility index (Phi) is 5.31. The first-order chi connectivity index (χ1) is 11.8. The molecule has 5 heteroatoms. The van der Waals surface area contributed by atoms with Gasteiger partial charge < -0.3 is 24.3 Å². The second-order valence-electron chi connectivity index (χ2n) is 5.55. The Morgan fingerprint density at radius 3 is 2.62 bits per heavy atom. The lowest BCUT2D eigenvalue weighted by molar-refractivity contribution is 0.171. The van der Waals surface area contributed by atoms with Crippen LogP contribution in [0, 0.1) is 0 Å². The number of nitrogens with one attached hydrogen (secondary N) is 1. The van der Waals surface area contributed by atoms with E-state index in [0.717, 1.165) is 40.7 Å². The van der Waals surface area contributed by atoms with Crippen LogP contribution < -0.4 is 24.3 Å². The molecule has 0 saturated carbocycles. The summed E-state index contributed by atoms with van der Waals surface area (Å²) < 4.78 is 22.2. The van der Waals surface area contributed by atoms with Crippen molar-refractivity contribution in [3.63, 3.8) is 0 Å². The minimum Gasteiger partial charge on any atom is -0.493 e. The maximum Gasteiger partial charge on any atom is 0.163 e. The van der Waals surface area contributed by atoms with E-state index in [1.165, 1.54) is 0 Å². The maximum absolute atomic E-state index is 5.68. The molecule has 0 amide bonds. The van der Waals surface area contributed by atoms with Crippen LogP contribution in [0.25, 0.3) is 0 Å². The Balaban J connectivity index is 1.65. The van der Waals surface area contributed by atoms with Crippen LogP contribution in [-0.2, 0) is 6.54 Å². The number of hydrogen-bond donors (Lipinski definition) is 1. The molecule has 0 bridgehead atoms. The highest BCUT2D eigenvalue weighted by molar-refractivity contribution is 5.55. The van der Waals surface area contributed by atoms with Crippen LogP contribution in [0.2, 0.25) is 0 Å². The molecule has 0 atom stereocenters. The van der Waals surface area contributed by atoms with Crippen molar-refractivity contribution >= 4 is 5.69 Å². The fourth-order valence-electron chi connectivity index (χ4n) is 2.51. The van der Waals surface area contributed by atoms with Crippen LogP contribution in [-0.4, -0.2) is 26.9 Å². The highest BCUT2D eigenvalue weighted by Crippen LogP contribution is 2.33. The number of ether oxygens (including phenoxy) is 4. The van der Waals surface area contributed by atoms with Gasteiger partial charge in [-0.3, -0.25) is 0 Å². The van der Waals surface area contributed by atoms with E-state index in [1.807, 2.05) is 36.4 Å². The van der Waals surface area contributed by atoms with E-state index in [9.17, 15) is 0 Å². The molecule has 2 aromatic carbocycles. The van der Waals surface area contributed by atoms with Gasteiger partial charge >= 0.3 is 0 Å². The predicted octanol–water partition coefficient (Wildman–Crippen LogP) is 3.87. The summed E-state index contributed by atoms with van der Waals surface area (Å²) in [5, 5.41) is 3.39. The molecule has 5 nitrogen and oxygen atoms in total. The summed E-state index contributed by atoms with van der Waals surface area (Å²) in [6.07, 6.45) is 0.969. The summed E-state index contributed by atoms with van der Waals surface area (Å²) in [6, 6.07) is 11.9. The second kappa shape index (κ2) is 7.81. The van der Waals surface area contributed by atoms with Crippen LogP contribution >= 0.6 is 0 Å². The average Bonchev–Trinajstić information content (AvgIpc) is 2.64. The Morgan fingerprint density at radius 1 is 1.00 bits per heavy atom. The second-order valence-corrected chi connectivity index (χ2v) is 5.55. The molecule has 128 valence electrons. The molecule has 0 aromatic heterocycles. The van der Waals surface area contributed by atoms with Crippen molar-refractivity contribution in [1.29, 1.82) is 0 Å². The van der Waals surface area contributed by atoms with Crippen molar-refractivity contribution < 1.29 is 18.9 Å². The molecule has 0 fully saturated rings. The first kappa shape index (κ1) is 16.3. The zero-order valence-corrected chi connectivity index (χ0v) is 14.1. The normalized spacial score (nSPS) is 12.6. The minimum absolute atomic E-state index is 0.590. The standard InChI is InChI=1S/C19H23NO4/c1-3-8-22-16-6-4-14(11-18(16)21-2)13-20-15-5-7-17-19(12-15)24-10-9-23-17/h4-7,11-12,20H,3,8-10,13H2,1-2H3. The number of anilines is 1. The Bertz CT molecular complexity index is 687. The van der Waals surface area contributed by atoms with Crippen LogP contribution in [0.4, 0.5) is 5.69 Å². The Morgan fingerprint density at radius 2 is 1.83 bits per heavy atom. The van der Waals surface area contributed by atoms with Crippen LogP contribution in [0.3, 0.4) is 0 Å². The summed E-state index contributed by atoms with van der Waals surface area (Å²) >= 11 is 0. The SMILES string of the molecule is CCCOc1ccc(CNc2ccc3c(c2)OCCO3)cc1OC. The predicted molar refractivity (Wildman–Crippen MR) is 93.5 cm³/mol. The van der Waals surface area contributed by atoms with Crippen molar-refractivity contribution in [2.75, 3.05) is 32.2 Å². The summed E-state index contributed by atoms with van der Waals surface area (Å²) in [6.45, 7) is 4.65. The number of benzene rings is 2. The number of hydrogen-bond acceptors (Lipinski definition) is 5. The molecule has 0 spiro atoms. The lowest BCUT2D eigenvalue weighted by Gasteiger charge is -2.19. The summed E-state index contributed by atoms with van der Waals surface area (Å²) in [4.78, 5) is 0. The third-order valence-electron chi connectivity index (χ3n) is 3.73. The molecule has 0 unspecified atom stereocenters. The minimum atomic E-state index is 0.590. The molecule has 1 heterocycles. The van der Waals surface area contributed by atoms with Crippen LogP contribution in [0.1, 0.15) is 18.9 Å². The molecule has 24 heavy (non-hydrogen) atoms. The maximum atomic E-state index is 5.68. The highest BCUT2D eigenvalue weighted by Gasteiger charge is 2.12. The molecule has 2 aromatic rings. The van der Waals surface area contributed by atoms with E-state index in [0.29, 0.717) is 26.4 Å². The van der Waals surface area contributed by atoms with Crippen LogP contribution in [0.15, 0.2) is 36.4 Å². The fourth-order valence-corrected chi connectivity index (χ4v) is 2.51. The van der Waals surface area contributed by atoms with E-state index in [2.05, 4.69) is 12.2 Å². The molecule has 1 N–H and O–H groups in total. The van der Waals surface area contributed by atoms with Gasteiger partial charge in [0.15, 0.2) is 23.0 Å². The van der Waals surface area contributed by atoms with Gasteiger partial charge in [-0.1, -0.05) is 13.0 Å². The van der Waals surface area contributed by atoms with Gasteiger partial charge in [0.2, 0.25) is 0 Å². The van der Waals surface area contributed by atoms with Gasteiger partial charge in [-0.2, -0.15) is 0 Å². The summed E-state index contributed by atoms with van der Waals surface area (Å²) in [5.41, 5.74) is 2.11. The lowest BCUT2D eigenvalue weighted by atomic mass is 10.2. The third kappa shape index (κ3) is 3.85. The van der Waals surface area contributed by atoms with Crippen molar-refractivity contribution in [2.45, 2.75) is 19.9 Å². The largest absolute Gasteiger partial charge is 0.493 e. The lowest BCUT2D eigenvalue weighted by Crippen LogP contribution is -2.15. The molecular weight excluding hydrogens is 306 g/mol. The zero-order valence-electron chi connectivity index (χ0n) is 14.1. The van der Waals surface area contributed by atoms with Gasteiger partial charge in [-0.25, -0.2) is 0 Å². The smallest absolute Gasteiger partial charge is 0.163 e.